The molecular formula is C25H27N3O4S. The van der Waals surface area contributed by atoms with E-state index in [1.54, 1.807) is 30.2 Å². The third-order valence-electron chi connectivity index (χ3n) is 5.55. The zero-order chi connectivity index (χ0) is 23.2. The number of ether oxygens (including phenoxy) is 2. The zero-order valence-corrected chi connectivity index (χ0v) is 19.4. The minimum atomic E-state index is -0.558. The van der Waals surface area contributed by atoms with E-state index in [4.69, 9.17) is 9.47 Å². The van der Waals surface area contributed by atoms with Crippen LogP contribution in [0.3, 0.4) is 0 Å². The average Bonchev–Trinajstić information content (AvgIpc) is 2.84. The van der Waals surface area contributed by atoms with E-state index >= 15 is 0 Å². The molecule has 0 aliphatic carbocycles. The topological polar surface area (TPSA) is 93.6 Å². The Morgan fingerprint density at radius 1 is 1.03 bits per heavy atom. The number of nitrogens with one attached hydrogen (secondary N) is 1. The SMILES string of the molecule is CC(=O)Nc1ccc(C2OC(CSc3ncccn3)C(C)C(c3ccc(CO)cc3)O2)cc1. The normalized spacial score (nSPS) is 22.6. The number of benzene rings is 2. The largest absolute Gasteiger partial charge is 0.392 e. The first-order valence-corrected chi connectivity index (χ1v) is 11.8. The van der Waals surface area contributed by atoms with Gasteiger partial charge in [0.1, 0.15) is 0 Å². The molecule has 0 bridgehead atoms. The number of aliphatic hydroxyl groups excluding tert-OH is 1. The zero-order valence-electron chi connectivity index (χ0n) is 18.5. The number of aliphatic hydroxyl groups is 1. The van der Waals surface area contributed by atoms with Crippen molar-refractivity contribution in [3.8, 4) is 0 Å². The van der Waals surface area contributed by atoms with Crippen molar-refractivity contribution in [3.05, 3.63) is 83.7 Å². The van der Waals surface area contributed by atoms with Crippen LogP contribution >= 0.6 is 11.8 Å². The average molecular weight is 466 g/mol. The molecule has 0 radical (unpaired) electrons. The summed E-state index contributed by atoms with van der Waals surface area (Å²) in [5.41, 5.74) is 3.49. The van der Waals surface area contributed by atoms with Crippen molar-refractivity contribution < 1.29 is 19.4 Å². The highest BCUT2D eigenvalue weighted by molar-refractivity contribution is 7.99. The van der Waals surface area contributed by atoms with Crippen LogP contribution in [0.5, 0.6) is 0 Å². The summed E-state index contributed by atoms with van der Waals surface area (Å²) in [5, 5.41) is 12.9. The second-order valence-electron chi connectivity index (χ2n) is 7.97. The summed E-state index contributed by atoms with van der Waals surface area (Å²) < 4.78 is 12.8. The quantitative estimate of drug-likeness (QED) is 0.392. The Morgan fingerprint density at radius 2 is 1.70 bits per heavy atom. The first-order valence-electron chi connectivity index (χ1n) is 10.8. The van der Waals surface area contributed by atoms with Crippen LogP contribution in [0.2, 0.25) is 0 Å². The van der Waals surface area contributed by atoms with Gasteiger partial charge in [0.2, 0.25) is 5.91 Å². The summed E-state index contributed by atoms with van der Waals surface area (Å²) in [4.78, 5) is 19.9. The molecule has 1 saturated heterocycles. The minimum absolute atomic E-state index is 0.00405. The van der Waals surface area contributed by atoms with Crippen molar-refractivity contribution in [2.75, 3.05) is 11.1 Å². The van der Waals surface area contributed by atoms with E-state index < -0.39 is 6.29 Å². The summed E-state index contributed by atoms with van der Waals surface area (Å²) in [7, 11) is 0. The molecule has 8 heteroatoms. The number of aromatic nitrogens is 2. The van der Waals surface area contributed by atoms with Crippen molar-refractivity contribution in [1.82, 2.24) is 9.97 Å². The second-order valence-corrected chi connectivity index (χ2v) is 8.95. The van der Waals surface area contributed by atoms with E-state index in [2.05, 4.69) is 22.2 Å². The molecule has 4 rings (SSSR count). The Labute approximate surface area is 197 Å². The molecule has 0 saturated carbocycles. The minimum Gasteiger partial charge on any atom is -0.392 e. The van der Waals surface area contributed by atoms with Crippen molar-refractivity contribution in [2.24, 2.45) is 5.92 Å². The van der Waals surface area contributed by atoms with E-state index in [0.717, 1.165) is 22.4 Å². The molecule has 1 amide bonds. The van der Waals surface area contributed by atoms with Crippen LogP contribution in [0.15, 0.2) is 72.1 Å². The van der Waals surface area contributed by atoms with Gasteiger partial charge in [-0.2, -0.15) is 0 Å². The molecule has 1 aliphatic heterocycles. The van der Waals surface area contributed by atoms with Crippen LogP contribution < -0.4 is 5.32 Å². The predicted molar refractivity (Wildman–Crippen MR) is 126 cm³/mol. The molecule has 4 unspecified atom stereocenters. The lowest BCUT2D eigenvalue weighted by atomic mass is 9.91. The van der Waals surface area contributed by atoms with Gasteiger partial charge >= 0.3 is 0 Å². The van der Waals surface area contributed by atoms with Crippen molar-refractivity contribution in [3.63, 3.8) is 0 Å². The predicted octanol–water partition coefficient (Wildman–Crippen LogP) is 4.51. The van der Waals surface area contributed by atoms with Crippen molar-refractivity contribution >= 4 is 23.4 Å². The van der Waals surface area contributed by atoms with Gasteiger partial charge in [0, 0.05) is 42.2 Å². The van der Waals surface area contributed by atoms with Crippen LogP contribution in [0.1, 0.15) is 42.9 Å². The maximum Gasteiger partial charge on any atom is 0.221 e. The first kappa shape index (κ1) is 23.4. The summed E-state index contributed by atoms with van der Waals surface area (Å²) >= 11 is 1.56. The number of anilines is 1. The Kier molecular flexibility index (Phi) is 7.72. The standard InChI is InChI=1S/C25H27N3O4S/c1-16-22(15-33-25-26-12-3-13-27-25)31-24(20-8-10-21(11-9-20)28-17(2)30)32-23(16)19-6-4-18(14-29)5-7-19/h3-13,16,22-24,29H,14-15H2,1-2H3,(H,28,30). The van der Waals surface area contributed by atoms with Crippen LogP contribution in [0, 0.1) is 5.92 Å². The molecule has 0 spiro atoms. The molecule has 1 aliphatic rings. The monoisotopic (exact) mass is 465 g/mol. The highest BCUT2D eigenvalue weighted by Gasteiger charge is 2.38. The molecule has 3 aromatic rings. The number of hydrogen-bond acceptors (Lipinski definition) is 7. The van der Waals surface area contributed by atoms with Gasteiger partial charge in [0.25, 0.3) is 0 Å². The number of carbonyl (C=O) groups excluding carboxylic acids is 1. The Hall–Kier alpha value is -2.78. The fourth-order valence-electron chi connectivity index (χ4n) is 3.75. The third kappa shape index (κ3) is 5.97. The van der Waals surface area contributed by atoms with Gasteiger partial charge in [-0.15, -0.1) is 0 Å². The van der Waals surface area contributed by atoms with Gasteiger partial charge in [0.15, 0.2) is 11.4 Å². The molecule has 7 nitrogen and oxygen atoms in total. The highest BCUT2D eigenvalue weighted by atomic mass is 32.2. The maximum atomic E-state index is 11.3. The Morgan fingerprint density at radius 3 is 2.33 bits per heavy atom. The van der Waals surface area contributed by atoms with Gasteiger partial charge in [-0.05, 0) is 29.3 Å². The molecule has 2 aromatic carbocycles. The number of hydrogen-bond donors (Lipinski definition) is 2. The van der Waals surface area contributed by atoms with E-state index in [9.17, 15) is 9.90 Å². The molecule has 33 heavy (non-hydrogen) atoms. The van der Waals surface area contributed by atoms with Gasteiger partial charge in [-0.1, -0.05) is 55.1 Å². The molecule has 172 valence electrons. The summed E-state index contributed by atoms with van der Waals surface area (Å²) in [6.07, 6.45) is 2.62. The fraction of sp³-hybridized carbons (Fsp3) is 0.320. The van der Waals surface area contributed by atoms with Gasteiger partial charge in [0.05, 0.1) is 18.8 Å². The molecule has 1 aromatic heterocycles. The van der Waals surface area contributed by atoms with Crippen molar-refractivity contribution in [2.45, 2.75) is 44.1 Å². The molecule has 2 heterocycles. The van der Waals surface area contributed by atoms with E-state index in [0.29, 0.717) is 10.9 Å². The number of carbonyl (C=O) groups is 1. The van der Waals surface area contributed by atoms with Gasteiger partial charge in [-0.25, -0.2) is 9.97 Å². The van der Waals surface area contributed by atoms with E-state index in [-0.39, 0.29) is 30.6 Å². The molecule has 1 fully saturated rings. The van der Waals surface area contributed by atoms with Crippen LogP contribution in [-0.4, -0.2) is 32.8 Å². The molecule has 4 atom stereocenters. The van der Waals surface area contributed by atoms with Crippen LogP contribution in [0.4, 0.5) is 5.69 Å². The summed E-state index contributed by atoms with van der Waals surface area (Å²) in [6.45, 7) is 3.61. The lowest BCUT2D eigenvalue weighted by Gasteiger charge is -2.41. The van der Waals surface area contributed by atoms with Gasteiger partial charge < -0.3 is 19.9 Å². The van der Waals surface area contributed by atoms with Crippen molar-refractivity contribution in [1.29, 1.82) is 0 Å². The number of amides is 1. The number of thioether (sulfide) groups is 1. The second kappa shape index (κ2) is 10.9. The molecular weight excluding hydrogens is 438 g/mol. The Bertz CT molecular complexity index is 1050. The van der Waals surface area contributed by atoms with E-state index in [1.165, 1.54) is 6.92 Å². The summed E-state index contributed by atoms with van der Waals surface area (Å²) in [6, 6.07) is 17.1. The first-order chi connectivity index (χ1) is 16.0. The van der Waals surface area contributed by atoms with Gasteiger partial charge in [-0.3, -0.25) is 4.79 Å². The number of rotatable bonds is 7. The highest BCUT2D eigenvalue weighted by Crippen LogP contribution is 2.42. The lowest BCUT2D eigenvalue weighted by Crippen LogP contribution is -2.38. The van der Waals surface area contributed by atoms with Crippen LogP contribution in [0.25, 0.3) is 0 Å². The summed E-state index contributed by atoms with van der Waals surface area (Å²) in [5.74, 6) is 0.643. The third-order valence-corrected chi connectivity index (χ3v) is 6.51. The molecule has 2 N–H and O–H groups in total. The lowest BCUT2D eigenvalue weighted by molar-refractivity contribution is -0.268. The number of nitrogens with zero attached hydrogens (tertiary/aromatic N) is 2. The van der Waals surface area contributed by atoms with Crippen LogP contribution in [-0.2, 0) is 20.9 Å². The maximum absolute atomic E-state index is 11.3. The smallest absolute Gasteiger partial charge is 0.221 e. The Balaban J connectivity index is 1.57. The fourth-order valence-corrected chi connectivity index (χ4v) is 4.72. The van der Waals surface area contributed by atoms with E-state index in [1.807, 2.05) is 48.5 Å².